The van der Waals surface area contributed by atoms with Gasteiger partial charge in [-0.3, -0.25) is 0 Å². The molecule has 0 saturated heterocycles. The van der Waals surface area contributed by atoms with Gasteiger partial charge in [-0.2, -0.15) is 0 Å². The fourth-order valence-corrected chi connectivity index (χ4v) is 1.79. The normalized spacial score (nSPS) is 13.8. The summed E-state index contributed by atoms with van der Waals surface area (Å²) >= 11 is 11.8. The van der Waals surface area contributed by atoms with Gasteiger partial charge in [-0.15, -0.1) is 0 Å². The lowest BCUT2D eigenvalue weighted by molar-refractivity contribution is -0.0490. The van der Waals surface area contributed by atoms with Crippen molar-refractivity contribution in [1.29, 1.82) is 0 Å². The Bertz CT molecular complexity index is 388. The zero-order valence-corrected chi connectivity index (χ0v) is 10.7. The average molecular weight is 284 g/mol. The van der Waals surface area contributed by atoms with Crippen LogP contribution in [0.15, 0.2) is 18.2 Å². The van der Waals surface area contributed by atoms with Crippen molar-refractivity contribution in [2.75, 3.05) is 13.2 Å². The van der Waals surface area contributed by atoms with E-state index in [1.54, 1.807) is 25.1 Å². The summed E-state index contributed by atoms with van der Waals surface area (Å²) in [7, 11) is 0. The maximum absolute atomic E-state index is 12.8. The summed E-state index contributed by atoms with van der Waals surface area (Å²) in [6.45, 7) is -0.103. The number of aliphatic hydroxyl groups excluding tert-OH is 1. The Hall–Kier alpha value is -0.420. The van der Waals surface area contributed by atoms with Crippen molar-refractivity contribution >= 4 is 23.2 Å². The first-order valence-electron chi connectivity index (χ1n) is 5.03. The van der Waals surface area contributed by atoms with Gasteiger partial charge in [-0.05, 0) is 18.6 Å². The standard InChI is InChI=1S/C11H13Cl2F2NO/c1-7(16-5-11(14,15)6-17)8-3-2-4-9(12)10(8)13/h2-4,7,16-17H,5-6H2,1H3. The summed E-state index contributed by atoms with van der Waals surface area (Å²) in [5, 5.41) is 11.8. The Morgan fingerprint density at radius 2 is 2.06 bits per heavy atom. The highest BCUT2D eigenvalue weighted by molar-refractivity contribution is 6.42. The van der Waals surface area contributed by atoms with E-state index >= 15 is 0 Å². The fraction of sp³-hybridized carbons (Fsp3) is 0.455. The average Bonchev–Trinajstić information content (AvgIpc) is 2.30. The number of aliphatic hydroxyl groups is 1. The molecule has 1 aromatic carbocycles. The van der Waals surface area contributed by atoms with Crippen molar-refractivity contribution in [3.05, 3.63) is 33.8 Å². The second-order valence-electron chi connectivity index (χ2n) is 3.76. The zero-order chi connectivity index (χ0) is 13.1. The van der Waals surface area contributed by atoms with Crippen molar-refractivity contribution in [2.45, 2.75) is 18.9 Å². The molecule has 0 aliphatic rings. The van der Waals surface area contributed by atoms with Crippen LogP contribution < -0.4 is 5.32 Å². The minimum absolute atomic E-state index is 0.349. The van der Waals surface area contributed by atoms with Crippen LogP contribution in [0.5, 0.6) is 0 Å². The van der Waals surface area contributed by atoms with E-state index in [0.29, 0.717) is 15.6 Å². The Kier molecular flexibility index (Phi) is 5.13. The molecule has 1 unspecified atom stereocenters. The second kappa shape index (κ2) is 5.96. The van der Waals surface area contributed by atoms with Crippen LogP contribution in [0.2, 0.25) is 10.0 Å². The monoisotopic (exact) mass is 283 g/mol. The predicted octanol–water partition coefficient (Wildman–Crippen LogP) is 3.27. The summed E-state index contributed by atoms with van der Waals surface area (Å²) in [6, 6.07) is 4.66. The summed E-state index contributed by atoms with van der Waals surface area (Å²) < 4.78 is 25.7. The highest BCUT2D eigenvalue weighted by atomic mass is 35.5. The van der Waals surface area contributed by atoms with Gasteiger partial charge in [0.2, 0.25) is 0 Å². The van der Waals surface area contributed by atoms with E-state index in [1.807, 2.05) is 0 Å². The number of benzene rings is 1. The van der Waals surface area contributed by atoms with E-state index < -0.39 is 19.1 Å². The molecule has 96 valence electrons. The molecule has 1 atom stereocenters. The van der Waals surface area contributed by atoms with Gasteiger partial charge in [0.1, 0.15) is 6.61 Å². The van der Waals surface area contributed by atoms with E-state index in [2.05, 4.69) is 5.32 Å². The minimum Gasteiger partial charge on any atom is -0.390 e. The minimum atomic E-state index is -3.14. The van der Waals surface area contributed by atoms with Gasteiger partial charge in [-0.1, -0.05) is 35.3 Å². The number of hydrogen-bond acceptors (Lipinski definition) is 2. The SMILES string of the molecule is CC(NCC(F)(F)CO)c1cccc(Cl)c1Cl. The van der Waals surface area contributed by atoms with E-state index in [1.165, 1.54) is 0 Å². The van der Waals surface area contributed by atoms with Crippen molar-refractivity contribution < 1.29 is 13.9 Å². The van der Waals surface area contributed by atoms with Crippen LogP contribution in [0.25, 0.3) is 0 Å². The largest absolute Gasteiger partial charge is 0.390 e. The molecule has 0 saturated carbocycles. The molecule has 0 fully saturated rings. The van der Waals surface area contributed by atoms with E-state index in [4.69, 9.17) is 28.3 Å². The number of halogens is 4. The highest BCUT2D eigenvalue weighted by Gasteiger charge is 2.28. The van der Waals surface area contributed by atoms with E-state index in [-0.39, 0.29) is 6.04 Å². The number of alkyl halides is 2. The third-order valence-corrected chi connectivity index (χ3v) is 3.18. The van der Waals surface area contributed by atoms with Crippen molar-refractivity contribution in [3.63, 3.8) is 0 Å². The molecule has 0 amide bonds. The van der Waals surface area contributed by atoms with Gasteiger partial charge >= 0.3 is 0 Å². The zero-order valence-electron chi connectivity index (χ0n) is 9.18. The summed E-state index contributed by atoms with van der Waals surface area (Å²) in [4.78, 5) is 0. The van der Waals surface area contributed by atoms with E-state index in [0.717, 1.165) is 0 Å². The lowest BCUT2D eigenvalue weighted by Gasteiger charge is -2.20. The maximum atomic E-state index is 12.8. The summed E-state index contributed by atoms with van der Waals surface area (Å²) in [5.74, 6) is -3.14. The van der Waals surface area contributed by atoms with Gasteiger partial charge in [0, 0.05) is 6.04 Å². The highest BCUT2D eigenvalue weighted by Crippen LogP contribution is 2.29. The van der Waals surface area contributed by atoms with Crippen molar-refractivity contribution in [2.24, 2.45) is 0 Å². The van der Waals surface area contributed by atoms with Crippen LogP contribution in [0.1, 0.15) is 18.5 Å². The second-order valence-corrected chi connectivity index (χ2v) is 4.54. The number of nitrogens with one attached hydrogen (secondary N) is 1. The van der Waals surface area contributed by atoms with Gasteiger partial charge in [-0.25, -0.2) is 8.78 Å². The van der Waals surface area contributed by atoms with Gasteiger partial charge < -0.3 is 10.4 Å². The first-order chi connectivity index (χ1) is 7.87. The summed E-state index contributed by atoms with van der Waals surface area (Å²) in [5.41, 5.74) is 0.646. The predicted molar refractivity (Wildman–Crippen MR) is 64.9 cm³/mol. The Morgan fingerprint density at radius 1 is 1.41 bits per heavy atom. The van der Waals surface area contributed by atoms with Crippen LogP contribution in [-0.2, 0) is 0 Å². The number of hydrogen-bond donors (Lipinski definition) is 2. The molecule has 2 nitrogen and oxygen atoms in total. The molecule has 0 aliphatic carbocycles. The molecule has 17 heavy (non-hydrogen) atoms. The van der Waals surface area contributed by atoms with Gasteiger partial charge in [0.25, 0.3) is 5.92 Å². The Balaban J connectivity index is 2.71. The molecule has 0 heterocycles. The van der Waals surface area contributed by atoms with Crippen molar-refractivity contribution in [3.8, 4) is 0 Å². The molecule has 0 aromatic heterocycles. The van der Waals surface area contributed by atoms with Gasteiger partial charge in [0.15, 0.2) is 0 Å². The maximum Gasteiger partial charge on any atom is 0.282 e. The lowest BCUT2D eigenvalue weighted by Crippen LogP contribution is -2.37. The fourth-order valence-electron chi connectivity index (χ4n) is 1.32. The molecule has 0 aliphatic heterocycles. The molecule has 1 rings (SSSR count). The first kappa shape index (κ1) is 14.6. The third kappa shape index (κ3) is 4.07. The van der Waals surface area contributed by atoms with Crippen LogP contribution >= 0.6 is 23.2 Å². The Morgan fingerprint density at radius 3 is 2.65 bits per heavy atom. The quantitative estimate of drug-likeness (QED) is 0.869. The molecule has 0 spiro atoms. The summed E-state index contributed by atoms with van der Waals surface area (Å²) in [6.07, 6.45) is 0. The smallest absolute Gasteiger partial charge is 0.282 e. The molecule has 1 aromatic rings. The third-order valence-electron chi connectivity index (χ3n) is 2.35. The van der Waals surface area contributed by atoms with Gasteiger partial charge in [0.05, 0.1) is 16.6 Å². The van der Waals surface area contributed by atoms with Crippen LogP contribution in [0.3, 0.4) is 0 Å². The van der Waals surface area contributed by atoms with Crippen LogP contribution in [-0.4, -0.2) is 24.2 Å². The molecule has 0 radical (unpaired) electrons. The molecule has 6 heteroatoms. The topological polar surface area (TPSA) is 32.3 Å². The van der Waals surface area contributed by atoms with Crippen molar-refractivity contribution in [1.82, 2.24) is 5.32 Å². The molecular weight excluding hydrogens is 271 g/mol. The Labute approximate surface area is 109 Å². The van der Waals surface area contributed by atoms with Crippen LogP contribution in [0, 0.1) is 0 Å². The van der Waals surface area contributed by atoms with Crippen LogP contribution in [0.4, 0.5) is 8.78 Å². The van der Waals surface area contributed by atoms with E-state index in [9.17, 15) is 8.78 Å². The molecular formula is C11H13Cl2F2NO. The number of rotatable bonds is 5. The molecule has 2 N–H and O–H groups in total. The lowest BCUT2D eigenvalue weighted by atomic mass is 10.1. The molecule has 0 bridgehead atoms. The first-order valence-corrected chi connectivity index (χ1v) is 5.79.